The summed E-state index contributed by atoms with van der Waals surface area (Å²) in [6.45, 7) is 2.26. The molecule has 94 valence electrons. The Balaban J connectivity index is 1.84. The largest absolute Gasteiger partial charge is 0.228 e. The van der Waals surface area contributed by atoms with Crippen molar-refractivity contribution in [1.82, 2.24) is 4.98 Å². The van der Waals surface area contributed by atoms with Crippen LogP contribution in [0.25, 0.3) is 0 Å². The second kappa shape index (κ2) is 6.13. The van der Waals surface area contributed by atoms with Gasteiger partial charge in [0.25, 0.3) is 0 Å². The van der Waals surface area contributed by atoms with Gasteiger partial charge in [-0.2, -0.15) is 4.39 Å². The standard InChI is InChI=1S/C15H22FN/c1-2-3-4-12-5-7-13(8-6-12)14-9-10-15(16)17-11-14/h9-13H,2-8H2,1H3/t12-,13-. The average Bonchev–Trinajstić information content (AvgIpc) is 2.38. The van der Waals surface area contributed by atoms with E-state index in [2.05, 4.69) is 11.9 Å². The lowest BCUT2D eigenvalue weighted by molar-refractivity contribution is 0.304. The van der Waals surface area contributed by atoms with Crippen molar-refractivity contribution >= 4 is 0 Å². The lowest BCUT2D eigenvalue weighted by Gasteiger charge is -2.28. The van der Waals surface area contributed by atoms with Gasteiger partial charge in [0.1, 0.15) is 0 Å². The van der Waals surface area contributed by atoms with Crippen molar-refractivity contribution in [3.05, 3.63) is 29.8 Å². The van der Waals surface area contributed by atoms with Crippen LogP contribution in [0.5, 0.6) is 0 Å². The van der Waals surface area contributed by atoms with Crippen LogP contribution < -0.4 is 0 Å². The number of nitrogens with zero attached hydrogens (tertiary/aromatic N) is 1. The van der Waals surface area contributed by atoms with E-state index in [0.717, 1.165) is 5.92 Å². The Kier molecular flexibility index (Phi) is 4.52. The van der Waals surface area contributed by atoms with Gasteiger partial charge in [-0.25, -0.2) is 4.98 Å². The number of unbranched alkanes of at least 4 members (excludes halogenated alkanes) is 1. The first-order valence-corrected chi connectivity index (χ1v) is 6.91. The van der Waals surface area contributed by atoms with E-state index in [1.54, 1.807) is 6.20 Å². The van der Waals surface area contributed by atoms with E-state index in [-0.39, 0.29) is 5.95 Å². The van der Waals surface area contributed by atoms with Crippen molar-refractivity contribution in [2.45, 2.75) is 57.8 Å². The smallest absolute Gasteiger partial charge is 0.212 e. The van der Waals surface area contributed by atoms with E-state index in [1.807, 2.05) is 6.07 Å². The van der Waals surface area contributed by atoms with Gasteiger partial charge in [0.05, 0.1) is 0 Å². The molecule has 0 radical (unpaired) electrons. The molecule has 0 aromatic carbocycles. The van der Waals surface area contributed by atoms with E-state index >= 15 is 0 Å². The van der Waals surface area contributed by atoms with Crippen LogP contribution in [0.15, 0.2) is 18.3 Å². The van der Waals surface area contributed by atoms with Crippen molar-refractivity contribution in [2.75, 3.05) is 0 Å². The molecular weight excluding hydrogens is 213 g/mol. The second-order valence-corrected chi connectivity index (χ2v) is 5.27. The third kappa shape index (κ3) is 3.52. The molecular formula is C15H22FN. The van der Waals surface area contributed by atoms with Crippen molar-refractivity contribution in [3.8, 4) is 0 Å². The minimum atomic E-state index is -0.370. The van der Waals surface area contributed by atoms with Crippen LogP contribution in [0.3, 0.4) is 0 Å². The van der Waals surface area contributed by atoms with Crippen molar-refractivity contribution in [3.63, 3.8) is 0 Å². The molecule has 17 heavy (non-hydrogen) atoms. The van der Waals surface area contributed by atoms with E-state index in [0.29, 0.717) is 5.92 Å². The van der Waals surface area contributed by atoms with Crippen LogP contribution in [0.2, 0.25) is 0 Å². The van der Waals surface area contributed by atoms with Gasteiger partial charge in [0.2, 0.25) is 5.95 Å². The van der Waals surface area contributed by atoms with Crippen LogP contribution >= 0.6 is 0 Å². The Morgan fingerprint density at radius 2 is 2.00 bits per heavy atom. The zero-order valence-electron chi connectivity index (χ0n) is 10.7. The van der Waals surface area contributed by atoms with E-state index < -0.39 is 0 Å². The molecule has 1 fully saturated rings. The van der Waals surface area contributed by atoms with Crippen LogP contribution in [0, 0.1) is 11.9 Å². The monoisotopic (exact) mass is 235 g/mol. The average molecular weight is 235 g/mol. The fraction of sp³-hybridized carbons (Fsp3) is 0.667. The molecule has 1 heterocycles. The zero-order chi connectivity index (χ0) is 12.1. The van der Waals surface area contributed by atoms with E-state index in [4.69, 9.17) is 0 Å². The van der Waals surface area contributed by atoms with E-state index in [1.165, 1.54) is 56.6 Å². The first-order valence-electron chi connectivity index (χ1n) is 6.91. The molecule has 1 aliphatic carbocycles. The van der Waals surface area contributed by atoms with E-state index in [9.17, 15) is 4.39 Å². The van der Waals surface area contributed by atoms with Gasteiger partial charge in [-0.1, -0.05) is 32.3 Å². The summed E-state index contributed by atoms with van der Waals surface area (Å²) < 4.78 is 12.7. The molecule has 1 aliphatic rings. The number of hydrogen-bond donors (Lipinski definition) is 0. The third-order valence-corrected chi connectivity index (χ3v) is 4.03. The Bertz CT molecular complexity index is 325. The maximum Gasteiger partial charge on any atom is 0.212 e. The van der Waals surface area contributed by atoms with Gasteiger partial charge >= 0.3 is 0 Å². The molecule has 0 atom stereocenters. The summed E-state index contributed by atoms with van der Waals surface area (Å²) in [4.78, 5) is 3.76. The lowest BCUT2D eigenvalue weighted by Crippen LogP contribution is -2.13. The molecule has 1 aromatic rings. The van der Waals surface area contributed by atoms with Crippen molar-refractivity contribution in [2.24, 2.45) is 5.92 Å². The predicted molar refractivity (Wildman–Crippen MR) is 68.4 cm³/mol. The molecule has 0 aliphatic heterocycles. The normalized spacial score (nSPS) is 24.8. The maximum absolute atomic E-state index is 12.7. The summed E-state index contributed by atoms with van der Waals surface area (Å²) in [6.07, 6.45) is 11.0. The first-order chi connectivity index (χ1) is 8.29. The van der Waals surface area contributed by atoms with Gasteiger partial charge in [0.15, 0.2) is 0 Å². The Morgan fingerprint density at radius 1 is 1.24 bits per heavy atom. The van der Waals surface area contributed by atoms with Gasteiger partial charge in [-0.05, 0) is 49.1 Å². The summed E-state index contributed by atoms with van der Waals surface area (Å²) in [6, 6.07) is 3.39. The summed E-state index contributed by atoms with van der Waals surface area (Å²) in [5.74, 6) is 1.17. The van der Waals surface area contributed by atoms with Gasteiger partial charge < -0.3 is 0 Å². The minimum Gasteiger partial charge on any atom is -0.228 e. The number of hydrogen-bond acceptors (Lipinski definition) is 1. The molecule has 0 N–H and O–H groups in total. The minimum absolute atomic E-state index is 0.370. The fourth-order valence-electron chi connectivity index (χ4n) is 2.91. The first kappa shape index (κ1) is 12.5. The number of aromatic nitrogens is 1. The van der Waals surface area contributed by atoms with Crippen LogP contribution in [-0.4, -0.2) is 4.98 Å². The Morgan fingerprint density at radius 3 is 2.59 bits per heavy atom. The van der Waals surface area contributed by atoms with Crippen LogP contribution in [-0.2, 0) is 0 Å². The highest BCUT2D eigenvalue weighted by Crippen LogP contribution is 2.37. The second-order valence-electron chi connectivity index (χ2n) is 5.27. The molecule has 2 rings (SSSR count). The lowest BCUT2D eigenvalue weighted by atomic mass is 9.77. The van der Waals surface area contributed by atoms with Crippen molar-refractivity contribution in [1.29, 1.82) is 0 Å². The maximum atomic E-state index is 12.7. The highest BCUT2D eigenvalue weighted by molar-refractivity contribution is 5.15. The fourth-order valence-corrected chi connectivity index (χ4v) is 2.91. The number of rotatable bonds is 4. The highest BCUT2D eigenvalue weighted by atomic mass is 19.1. The SMILES string of the molecule is CCCC[C@H]1CC[C@H](c2ccc(F)nc2)CC1. The number of halogens is 1. The molecule has 0 unspecified atom stereocenters. The molecule has 0 bridgehead atoms. The molecule has 1 nitrogen and oxygen atoms in total. The molecule has 1 aromatic heterocycles. The molecule has 0 amide bonds. The molecule has 2 heteroatoms. The molecule has 1 saturated carbocycles. The predicted octanol–water partition coefficient (Wildman–Crippen LogP) is 4.68. The Hall–Kier alpha value is -0.920. The summed E-state index contributed by atoms with van der Waals surface area (Å²) in [7, 11) is 0. The van der Waals surface area contributed by atoms with Crippen LogP contribution in [0.4, 0.5) is 4.39 Å². The van der Waals surface area contributed by atoms with Gasteiger partial charge in [0, 0.05) is 6.20 Å². The zero-order valence-corrected chi connectivity index (χ0v) is 10.7. The van der Waals surface area contributed by atoms with Gasteiger partial charge in [-0.15, -0.1) is 0 Å². The Labute approximate surface area is 103 Å². The highest BCUT2D eigenvalue weighted by Gasteiger charge is 2.22. The molecule has 0 saturated heterocycles. The molecule has 0 spiro atoms. The van der Waals surface area contributed by atoms with Crippen LogP contribution in [0.1, 0.15) is 63.4 Å². The summed E-state index contributed by atoms with van der Waals surface area (Å²) in [5.41, 5.74) is 1.22. The third-order valence-electron chi connectivity index (χ3n) is 4.03. The summed E-state index contributed by atoms with van der Waals surface area (Å²) >= 11 is 0. The van der Waals surface area contributed by atoms with Gasteiger partial charge in [-0.3, -0.25) is 0 Å². The van der Waals surface area contributed by atoms with Crippen molar-refractivity contribution < 1.29 is 4.39 Å². The quantitative estimate of drug-likeness (QED) is 0.690. The summed E-state index contributed by atoms with van der Waals surface area (Å²) in [5, 5.41) is 0. The number of pyridine rings is 1. The topological polar surface area (TPSA) is 12.9 Å².